The largest absolute Gasteiger partial charge is 0.393 e. The van der Waals surface area contributed by atoms with Gasteiger partial charge in [0, 0.05) is 25.8 Å². The molecule has 0 aromatic carbocycles. The topological polar surface area (TPSA) is 106 Å². The molecule has 0 saturated heterocycles. The second-order valence-corrected chi connectivity index (χ2v) is 6.78. The number of hydrogen-bond acceptors (Lipinski definition) is 6. The molecule has 0 atom stereocenters. The highest BCUT2D eigenvalue weighted by Gasteiger charge is 2.23. The SMILES string of the molecule is CCCCOCCOCCOCCCNC(=O)C(=O)NC1CCC(O)CC1. The van der Waals surface area contributed by atoms with Gasteiger partial charge in [0.1, 0.15) is 0 Å². The fraction of sp³-hybridized carbons (Fsp3) is 0.895. The smallest absolute Gasteiger partial charge is 0.309 e. The average molecular weight is 389 g/mol. The fourth-order valence-electron chi connectivity index (χ4n) is 2.72. The van der Waals surface area contributed by atoms with Crippen LogP contribution >= 0.6 is 0 Å². The van der Waals surface area contributed by atoms with Crippen molar-refractivity contribution >= 4 is 11.8 Å². The predicted molar refractivity (Wildman–Crippen MR) is 101 cm³/mol. The van der Waals surface area contributed by atoms with E-state index in [0.29, 0.717) is 71.7 Å². The zero-order valence-corrected chi connectivity index (χ0v) is 16.5. The Morgan fingerprint density at radius 2 is 1.41 bits per heavy atom. The van der Waals surface area contributed by atoms with Crippen LogP contribution in [0.4, 0.5) is 0 Å². The summed E-state index contributed by atoms with van der Waals surface area (Å²) in [4.78, 5) is 23.5. The summed E-state index contributed by atoms with van der Waals surface area (Å²) in [5, 5.41) is 14.7. The van der Waals surface area contributed by atoms with Gasteiger partial charge in [-0.3, -0.25) is 9.59 Å². The summed E-state index contributed by atoms with van der Waals surface area (Å²) in [7, 11) is 0. The van der Waals surface area contributed by atoms with Crippen molar-refractivity contribution in [1.82, 2.24) is 10.6 Å². The molecule has 1 rings (SSSR count). The van der Waals surface area contributed by atoms with E-state index in [2.05, 4.69) is 17.6 Å². The number of aliphatic hydroxyl groups excluding tert-OH is 1. The standard InChI is InChI=1S/C19H36N2O6/c1-2-3-10-25-12-14-27-15-13-26-11-4-9-20-18(23)19(24)21-16-5-7-17(22)8-6-16/h16-17,22H,2-15H2,1H3,(H,20,23)(H,21,24). The number of hydrogen-bond donors (Lipinski definition) is 3. The number of nitrogens with one attached hydrogen (secondary N) is 2. The molecule has 1 saturated carbocycles. The molecule has 2 amide bonds. The van der Waals surface area contributed by atoms with Crippen LogP contribution in [0.5, 0.6) is 0 Å². The van der Waals surface area contributed by atoms with Crippen LogP contribution in [-0.2, 0) is 23.8 Å². The van der Waals surface area contributed by atoms with Gasteiger partial charge >= 0.3 is 11.8 Å². The minimum absolute atomic E-state index is 0.0213. The second kappa shape index (κ2) is 15.8. The van der Waals surface area contributed by atoms with Gasteiger partial charge in [0.2, 0.25) is 0 Å². The van der Waals surface area contributed by atoms with E-state index in [1.54, 1.807) is 0 Å². The summed E-state index contributed by atoms with van der Waals surface area (Å²) < 4.78 is 16.2. The van der Waals surface area contributed by atoms with E-state index >= 15 is 0 Å². The third-order valence-electron chi connectivity index (χ3n) is 4.38. The van der Waals surface area contributed by atoms with Crippen LogP contribution in [0.25, 0.3) is 0 Å². The van der Waals surface area contributed by atoms with Crippen LogP contribution in [0.2, 0.25) is 0 Å². The Bertz CT molecular complexity index is 400. The molecular formula is C19H36N2O6. The number of rotatable bonds is 14. The first kappa shape index (κ1) is 23.8. The Kier molecular flexibility index (Phi) is 13.9. The van der Waals surface area contributed by atoms with Gasteiger partial charge in [-0.05, 0) is 38.5 Å². The van der Waals surface area contributed by atoms with Crippen molar-refractivity contribution in [2.24, 2.45) is 0 Å². The van der Waals surface area contributed by atoms with Crippen molar-refractivity contribution in [1.29, 1.82) is 0 Å². The first-order valence-corrected chi connectivity index (χ1v) is 10.1. The van der Waals surface area contributed by atoms with Crippen molar-refractivity contribution in [3.05, 3.63) is 0 Å². The minimum Gasteiger partial charge on any atom is -0.393 e. The summed E-state index contributed by atoms with van der Waals surface area (Å²) in [6, 6.07) is -0.0213. The Hall–Kier alpha value is -1.22. The molecule has 1 aliphatic carbocycles. The number of carbonyl (C=O) groups is 2. The number of ether oxygens (including phenoxy) is 3. The Labute approximate surface area is 162 Å². The highest BCUT2D eigenvalue weighted by Crippen LogP contribution is 2.18. The van der Waals surface area contributed by atoms with E-state index < -0.39 is 11.8 Å². The zero-order chi connectivity index (χ0) is 19.7. The Morgan fingerprint density at radius 3 is 2.00 bits per heavy atom. The number of carbonyl (C=O) groups excluding carboxylic acids is 2. The molecule has 1 fully saturated rings. The highest BCUT2D eigenvalue weighted by molar-refractivity contribution is 6.35. The first-order valence-electron chi connectivity index (χ1n) is 10.1. The molecule has 0 aromatic heterocycles. The summed E-state index contributed by atoms with van der Waals surface area (Å²) in [5.74, 6) is -1.22. The molecule has 0 radical (unpaired) electrons. The maximum Gasteiger partial charge on any atom is 0.309 e. The lowest BCUT2D eigenvalue weighted by molar-refractivity contribution is -0.139. The molecule has 8 heteroatoms. The van der Waals surface area contributed by atoms with Crippen LogP contribution in [0.15, 0.2) is 0 Å². The van der Waals surface area contributed by atoms with E-state index in [9.17, 15) is 14.7 Å². The van der Waals surface area contributed by atoms with Crippen molar-refractivity contribution in [3.63, 3.8) is 0 Å². The maximum absolute atomic E-state index is 11.8. The summed E-state index contributed by atoms with van der Waals surface area (Å²) >= 11 is 0. The first-order chi connectivity index (χ1) is 13.1. The van der Waals surface area contributed by atoms with Gasteiger partial charge in [0.15, 0.2) is 0 Å². The van der Waals surface area contributed by atoms with Gasteiger partial charge in [-0.15, -0.1) is 0 Å². The lowest BCUT2D eigenvalue weighted by atomic mass is 9.93. The summed E-state index contributed by atoms with van der Waals surface area (Å²) in [6.45, 7) is 5.98. The van der Waals surface area contributed by atoms with Gasteiger partial charge in [-0.1, -0.05) is 13.3 Å². The van der Waals surface area contributed by atoms with Crippen LogP contribution in [0.3, 0.4) is 0 Å². The molecule has 0 unspecified atom stereocenters. The lowest BCUT2D eigenvalue weighted by Crippen LogP contribution is -2.46. The zero-order valence-electron chi connectivity index (χ0n) is 16.5. The maximum atomic E-state index is 11.8. The van der Waals surface area contributed by atoms with Crippen LogP contribution in [0, 0.1) is 0 Å². The predicted octanol–water partition coefficient (Wildman–Crippen LogP) is 0.762. The van der Waals surface area contributed by atoms with Gasteiger partial charge < -0.3 is 30.0 Å². The molecule has 27 heavy (non-hydrogen) atoms. The third-order valence-corrected chi connectivity index (χ3v) is 4.38. The molecule has 1 aliphatic rings. The van der Waals surface area contributed by atoms with E-state index in [0.717, 1.165) is 19.4 Å². The highest BCUT2D eigenvalue weighted by atomic mass is 16.5. The fourth-order valence-corrected chi connectivity index (χ4v) is 2.72. The van der Waals surface area contributed by atoms with Crippen molar-refractivity contribution in [2.75, 3.05) is 46.2 Å². The average Bonchev–Trinajstić information content (AvgIpc) is 2.67. The summed E-state index contributed by atoms with van der Waals surface area (Å²) in [6.07, 6.45) is 5.31. The quantitative estimate of drug-likeness (QED) is 0.300. The summed E-state index contributed by atoms with van der Waals surface area (Å²) in [5.41, 5.74) is 0. The second-order valence-electron chi connectivity index (χ2n) is 6.78. The van der Waals surface area contributed by atoms with Crippen molar-refractivity contribution in [3.8, 4) is 0 Å². The molecule has 158 valence electrons. The normalized spacial score (nSPS) is 19.6. The number of unbranched alkanes of at least 4 members (excludes halogenated alkanes) is 1. The molecule has 3 N–H and O–H groups in total. The van der Waals surface area contributed by atoms with Gasteiger partial charge in [-0.2, -0.15) is 0 Å². The third kappa shape index (κ3) is 12.7. The van der Waals surface area contributed by atoms with Gasteiger partial charge in [0.05, 0.1) is 32.5 Å². The minimum atomic E-state index is -0.618. The van der Waals surface area contributed by atoms with Crippen LogP contribution in [0.1, 0.15) is 51.9 Å². The molecular weight excluding hydrogens is 352 g/mol. The lowest BCUT2D eigenvalue weighted by Gasteiger charge is -2.25. The molecule has 0 aromatic rings. The Balaban J connectivity index is 1.87. The van der Waals surface area contributed by atoms with Crippen LogP contribution in [-0.4, -0.2) is 75.3 Å². The van der Waals surface area contributed by atoms with Crippen molar-refractivity contribution in [2.45, 2.75) is 64.0 Å². The van der Waals surface area contributed by atoms with Crippen molar-refractivity contribution < 1.29 is 28.9 Å². The molecule has 8 nitrogen and oxygen atoms in total. The molecule has 0 spiro atoms. The van der Waals surface area contributed by atoms with Crippen LogP contribution < -0.4 is 10.6 Å². The van der Waals surface area contributed by atoms with E-state index in [-0.39, 0.29) is 12.1 Å². The number of aliphatic hydroxyl groups is 1. The molecule has 0 aliphatic heterocycles. The number of amides is 2. The molecule has 0 heterocycles. The van der Waals surface area contributed by atoms with E-state index in [1.165, 1.54) is 0 Å². The van der Waals surface area contributed by atoms with Gasteiger partial charge in [-0.25, -0.2) is 0 Å². The monoisotopic (exact) mass is 388 g/mol. The van der Waals surface area contributed by atoms with E-state index in [1.807, 2.05) is 0 Å². The van der Waals surface area contributed by atoms with Gasteiger partial charge in [0.25, 0.3) is 0 Å². The molecule has 0 bridgehead atoms. The Morgan fingerprint density at radius 1 is 0.852 bits per heavy atom. The van der Waals surface area contributed by atoms with E-state index in [4.69, 9.17) is 14.2 Å².